The summed E-state index contributed by atoms with van der Waals surface area (Å²) < 4.78 is 5.14. The molecule has 1 fully saturated rings. The number of rotatable bonds is 4. The molecule has 4 heteroatoms. The second-order valence-electron chi connectivity index (χ2n) is 5.53. The summed E-state index contributed by atoms with van der Waals surface area (Å²) in [5.41, 5.74) is 9.93. The van der Waals surface area contributed by atoms with Crippen LogP contribution in [0.5, 0.6) is 0 Å². The minimum Gasteiger partial charge on any atom is -0.383 e. The number of nitrogens with two attached hydrogens (primary N) is 1. The second-order valence-corrected chi connectivity index (χ2v) is 5.53. The highest BCUT2D eigenvalue weighted by molar-refractivity contribution is 5.78. The fraction of sp³-hybridized carbons (Fsp3) is 0.562. The highest BCUT2D eigenvalue weighted by Crippen LogP contribution is 2.34. The van der Waals surface area contributed by atoms with Crippen LogP contribution in [0.3, 0.4) is 0 Å². The lowest BCUT2D eigenvalue weighted by molar-refractivity contribution is -0.138. The van der Waals surface area contributed by atoms with Gasteiger partial charge in [0.15, 0.2) is 0 Å². The van der Waals surface area contributed by atoms with Gasteiger partial charge in [0.05, 0.1) is 12.6 Å². The predicted octanol–water partition coefficient (Wildman–Crippen LogP) is 1.94. The zero-order valence-corrected chi connectivity index (χ0v) is 12.6. The molecule has 0 saturated carbocycles. The third kappa shape index (κ3) is 2.86. The lowest BCUT2D eigenvalue weighted by Crippen LogP contribution is -2.50. The monoisotopic (exact) mass is 276 g/mol. The van der Waals surface area contributed by atoms with Crippen LogP contribution in [0.1, 0.15) is 35.6 Å². The Bertz CT molecular complexity index is 467. The molecule has 4 nitrogen and oxygen atoms in total. The zero-order chi connectivity index (χ0) is 14.7. The third-order valence-electron chi connectivity index (χ3n) is 4.13. The van der Waals surface area contributed by atoms with Crippen molar-refractivity contribution in [3.8, 4) is 0 Å². The summed E-state index contributed by atoms with van der Waals surface area (Å²) in [6.07, 6.45) is 1.28. The molecule has 0 aromatic heterocycles. The Morgan fingerprint density at radius 3 is 2.60 bits per heavy atom. The van der Waals surface area contributed by atoms with Gasteiger partial charge in [-0.1, -0.05) is 18.2 Å². The minimum atomic E-state index is -0.0346. The number of ether oxygens (including phenoxy) is 1. The van der Waals surface area contributed by atoms with Crippen LogP contribution in [0, 0.1) is 13.8 Å². The van der Waals surface area contributed by atoms with Gasteiger partial charge in [-0.05, 0) is 37.0 Å². The van der Waals surface area contributed by atoms with Gasteiger partial charge in [0.25, 0.3) is 0 Å². The fourth-order valence-electron chi connectivity index (χ4n) is 3.10. The number of hydrogen-bond acceptors (Lipinski definition) is 3. The third-order valence-corrected chi connectivity index (χ3v) is 4.13. The average molecular weight is 276 g/mol. The summed E-state index contributed by atoms with van der Waals surface area (Å²) in [4.78, 5) is 14.2. The molecule has 1 heterocycles. The van der Waals surface area contributed by atoms with Crippen LogP contribution in [0.2, 0.25) is 0 Å². The molecule has 0 radical (unpaired) electrons. The molecule has 2 unspecified atom stereocenters. The molecule has 2 N–H and O–H groups in total. The molecule has 20 heavy (non-hydrogen) atoms. The Morgan fingerprint density at radius 1 is 1.35 bits per heavy atom. The van der Waals surface area contributed by atoms with E-state index < -0.39 is 0 Å². The molecule has 1 aromatic carbocycles. The van der Waals surface area contributed by atoms with Crippen LogP contribution in [-0.4, -0.2) is 37.1 Å². The first-order valence-electron chi connectivity index (χ1n) is 7.16. The summed E-state index contributed by atoms with van der Waals surface area (Å²) in [7, 11) is 1.66. The topological polar surface area (TPSA) is 55.6 Å². The van der Waals surface area contributed by atoms with Crippen LogP contribution in [0.4, 0.5) is 0 Å². The minimum absolute atomic E-state index is 0.00986. The predicted molar refractivity (Wildman–Crippen MR) is 79.5 cm³/mol. The van der Waals surface area contributed by atoms with Gasteiger partial charge in [0, 0.05) is 26.1 Å². The fourth-order valence-corrected chi connectivity index (χ4v) is 3.10. The van der Waals surface area contributed by atoms with Crippen molar-refractivity contribution >= 4 is 5.91 Å². The number of aryl methyl sites for hydroxylation is 2. The van der Waals surface area contributed by atoms with Crippen LogP contribution in [-0.2, 0) is 9.53 Å². The van der Waals surface area contributed by atoms with Crippen molar-refractivity contribution in [3.05, 3.63) is 34.9 Å². The van der Waals surface area contributed by atoms with Crippen molar-refractivity contribution in [1.82, 2.24) is 4.90 Å². The molecular formula is C16H24N2O2. The molecule has 1 aromatic rings. The first-order chi connectivity index (χ1) is 9.56. The number of nitrogens with zero attached hydrogens (tertiary/aromatic N) is 1. The van der Waals surface area contributed by atoms with Gasteiger partial charge in [0.1, 0.15) is 0 Å². The Balaban J connectivity index is 2.39. The quantitative estimate of drug-likeness (QED) is 0.914. The maximum absolute atomic E-state index is 12.3. The summed E-state index contributed by atoms with van der Waals surface area (Å²) >= 11 is 0. The summed E-state index contributed by atoms with van der Waals surface area (Å²) in [6, 6.07) is 6.17. The normalized spacial score (nSPS) is 23.2. The van der Waals surface area contributed by atoms with E-state index in [1.807, 2.05) is 11.0 Å². The van der Waals surface area contributed by atoms with E-state index in [9.17, 15) is 4.79 Å². The molecule has 0 aliphatic carbocycles. The number of carbonyl (C=O) groups is 1. The number of amides is 1. The lowest BCUT2D eigenvalue weighted by atomic mass is 9.86. The Hall–Kier alpha value is -1.39. The standard InChI is InChI=1S/C16H24N2O2/c1-11-5-4-6-12(2)15(11)16-13(17)7-8-14(19)18(16)9-10-20-3/h4-6,13,16H,7-10,17H2,1-3H3. The van der Waals surface area contributed by atoms with Crippen molar-refractivity contribution in [2.45, 2.75) is 38.8 Å². The van der Waals surface area contributed by atoms with Crippen molar-refractivity contribution in [2.24, 2.45) is 5.73 Å². The summed E-state index contributed by atoms with van der Waals surface area (Å²) in [5.74, 6) is 0.177. The van der Waals surface area contributed by atoms with E-state index in [1.54, 1.807) is 7.11 Å². The van der Waals surface area contributed by atoms with Crippen LogP contribution in [0.25, 0.3) is 0 Å². The Labute approximate surface area is 120 Å². The molecule has 0 spiro atoms. The van der Waals surface area contributed by atoms with Crippen molar-refractivity contribution in [2.75, 3.05) is 20.3 Å². The Kier molecular flexibility index (Phi) is 4.78. The lowest BCUT2D eigenvalue weighted by Gasteiger charge is -2.41. The molecule has 2 rings (SSSR count). The van der Waals surface area contributed by atoms with Gasteiger partial charge in [-0.3, -0.25) is 4.79 Å². The molecule has 110 valence electrons. The molecule has 1 amide bonds. The molecular weight excluding hydrogens is 252 g/mol. The molecule has 1 aliphatic heterocycles. The number of methoxy groups -OCH3 is 1. The van der Waals surface area contributed by atoms with E-state index >= 15 is 0 Å². The van der Waals surface area contributed by atoms with Gasteiger partial charge >= 0.3 is 0 Å². The number of likely N-dealkylation sites (tertiary alicyclic amines) is 1. The van der Waals surface area contributed by atoms with E-state index in [1.165, 1.54) is 16.7 Å². The van der Waals surface area contributed by atoms with E-state index in [0.717, 1.165) is 6.42 Å². The highest BCUT2D eigenvalue weighted by Gasteiger charge is 2.35. The average Bonchev–Trinajstić information content (AvgIpc) is 2.41. The highest BCUT2D eigenvalue weighted by atomic mass is 16.5. The van der Waals surface area contributed by atoms with Gasteiger partial charge in [-0.15, -0.1) is 0 Å². The SMILES string of the molecule is COCCN1C(=O)CCC(N)C1c1c(C)cccc1C. The van der Waals surface area contributed by atoms with Crippen molar-refractivity contribution in [1.29, 1.82) is 0 Å². The van der Waals surface area contributed by atoms with E-state index in [-0.39, 0.29) is 18.0 Å². The van der Waals surface area contributed by atoms with Crippen LogP contribution in [0.15, 0.2) is 18.2 Å². The summed E-state index contributed by atoms with van der Waals surface area (Å²) in [5, 5.41) is 0. The van der Waals surface area contributed by atoms with Crippen molar-refractivity contribution < 1.29 is 9.53 Å². The first kappa shape index (κ1) is 15.0. The van der Waals surface area contributed by atoms with E-state index in [2.05, 4.69) is 26.0 Å². The summed E-state index contributed by atoms with van der Waals surface area (Å²) in [6.45, 7) is 5.31. The number of piperidine rings is 1. The van der Waals surface area contributed by atoms with Crippen molar-refractivity contribution in [3.63, 3.8) is 0 Å². The number of benzene rings is 1. The smallest absolute Gasteiger partial charge is 0.223 e. The van der Waals surface area contributed by atoms with E-state index in [0.29, 0.717) is 19.6 Å². The van der Waals surface area contributed by atoms with Crippen LogP contribution < -0.4 is 5.73 Å². The van der Waals surface area contributed by atoms with Gasteiger partial charge in [-0.25, -0.2) is 0 Å². The maximum atomic E-state index is 12.3. The van der Waals surface area contributed by atoms with Gasteiger partial charge < -0.3 is 15.4 Å². The van der Waals surface area contributed by atoms with Crippen LogP contribution >= 0.6 is 0 Å². The molecule has 1 aliphatic rings. The molecule has 0 bridgehead atoms. The zero-order valence-electron chi connectivity index (χ0n) is 12.6. The second kappa shape index (κ2) is 6.37. The first-order valence-corrected chi connectivity index (χ1v) is 7.16. The Morgan fingerprint density at radius 2 is 2.00 bits per heavy atom. The molecule has 2 atom stereocenters. The number of carbonyl (C=O) groups excluding carboxylic acids is 1. The maximum Gasteiger partial charge on any atom is 0.223 e. The van der Waals surface area contributed by atoms with Gasteiger partial charge in [-0.2, -0.15) is 0 Å². The van der Waals surface area contributed by atoms with E-state index in [4.69, 9.17) is 10.5 Å². The molecule has 1 saturated heterocycles. The van der Waals surface area contributed by atoms with Gasteiger partial charge in [0.2, 0.25) is 5.91 Å². The number of hydrogen-bond donors (Lipinski definition) is 1. The largest absolute Gasteiger partial charge is 0.383 e.